The number of benzene rings is 2. The van der Waals surface area contributed by atoms with E-state index in [-0.39, 0.29) is 0 Å². The standard InChI is InChI=1S/C13H9BrN2S/c14-9-4-3-5-10(8-9)17-13-15-11-6-1-2-7-12(11)16-13/h1-8H,(H,15,16). The largest absolute Gasteiger partial charge is 0.333 e. The fourth-order valence-corrected chi connectivity index (χ4v) is 3.03. The summed E-state index contributed by atoms with van der Waals surface area (Å²) in [5.74, 6) is 0. The van der Waals surface area contributed by atoms with E-state index in [0.717, 1.165) is 20.7 Å². The molecule has 84 valence electrons. The maximum Gasteiger partial charge on any atom is 0.171 e. The molecule has 0 spiro atoms. The third-order valence-corrected chi connectivity index (χ3v) is 3.75. The van der Waals surface area contributed by atoms with Crippen LogP contribution in [0.2, 0.25) is 0 Å². The first kappa shape index (κ1) is 10.9. The molecular formula is C13H9BrN2S. The lowest BCUT2D eigenvalue weighted by Gasteiger charge is -1.97. The predicted molar refractivity (Wildman–Crippen MR) is 74.4 cm³/mol. The Morgan fingerprint density at radius 1 is 1.06 bits per heavy atom. The van der Waals surface area contributed by atoms with Gasteiger partial charge in [-0.15, -0.1) is 0 Å². The van der Waals surface area contributed by atoms with Crippen LogP contribution in [0.5, 0.6) is 0 Å². The minimum absolute atomic E-state index is 0.921. The molecule has 2 aromatic carbocycles. The Morgan fingerprint density at radius 2 is 1.94 bits per heavy atom. The molecule has 1 heterocycles. The number of fused-ring (bicyclic) bond motifs is 1. The van der Waals surface area contributed by atoms with Crippen LogP contribution in [0.3, 0.4) is 0 Å². The first-order chi connectivity index (χ1) is 8.31. The molecule has 0 aliphatic rings. The van der Waals surface area contributed by atoms with E-state index in [1.807, 2.05) is 36.4 Å². The van der Waals surface area contributed by atoms with Crippen LogP contribution in [0.15, 0.2) is 63.1 Å². The summed E-state index contributed by atoms with van der Waals surface area (Å²) in [6.45, 7) is 0. The highest BCUT2D eigenvalue weighted by molar-refractivity contribution is 9.10. The number of hydrogen-bond acceptors (Lipinski definition) is 2. The van der Waals surface area contributed by atoms with Crippen molar-refractivity contribution in [1.29, 1.82) is 0 Å². The number of halogens is 1. The quantitative estimate of drug-likeness (QED) is 0.756. The second-order valence-electron chi connectivity index (χ2n) is 3.62. The number of nitrogens with zero attached hydrogens (tertiary/aromatic N) is 1. The van der Waals surface area contributed by atoms with Crippen LogP contribution in [-0.4, -0.2) is 9.97 Å². The molecule has 1 aromatic heterocycles. The van der Waals surface area contributed by atoms with Crippen molar-refractivity contribution >= 4 is 38.7 Å². The van der Waals surface area contributed by atoms with E-state index in [2.05, 4.69) is 38.0 Å². The number of H-pyrrole nitrogens is 1. The minimum atomic E-state index is 0.921. The number of hydrogen-bond donors (Lipinski definition) is 1. The van der Waals surface area contributed by atoms with E-state index >= 15 is 0 Å². The van der Waals surface area contributed by atoms with Gasteiger partial charge in [0.1, 0.15) is 0 Å². The molecule has 2 nitrogen and oxygen atoms in total. The van der Waals surface area contributed by atoms with E-state index < -0.39 is 0 Å². The highest BCUT2D eigenvalue weighted by Gasteiger charge is 2.03. The molecule has 0 fully saturated rings. The molecule has 0 amide bonds. The number of nitrogens with one attached hydrogen (secondary N) is 1. The fraction of sp³-hybridized carbons (Fsp3) is 0. The maximum atomic E-state index is 4.53. The Bertz CT molecular complexity index is 630. The zero-order valence-corrected chi connectivity index (χ0v) is 11.3. The van der Waals surface area contributed by atoms with Crippen LogP contribution in [0.4, 0.5) is 0 Å². The molecule has 1 N–H and O–H groups in total. The zero-order chi connectivity index (χ0) is 11.7. The zero-order valence-electron chi connectivity index (χ0n) is 8.85. The van der Waals surface area contributed by atoms with Gasteiger partial charge in [0.15, 0.2) is 5.16 Å². The number of para-hydroxylation sites is 2. The van der Waals surface area contributed by atoms with Crippen molar-refractivity contribution in [2.24, 2.45) is 0 Å². The van der Waals surface area contributed by atoms with Gasteiger partial charge in [-0.2, -0.15) is 0 Å². The monoisotopic (exact) mass is 304 g/mol. The average molecular weight is 305 g/mol. The van der Waals surface area contributed by atoms with Crippen molar-refractivity contribution in [3.63, 3.8) is 0 Å². The molecule has 3 rings (SSSR count). The lowest BCUT2D eigenvalue weighted by molar-refractivity contribution is 1.08. The molecule has 0 saturated carbocycles. The lowest BCUT2D eigenvalue weighted by atomic mass is 10.3. The van der Waals surface area contributed by atoms with Crippen molar-refractivity contribution in [3.8, 4) is 0 Å². The van der Waals surface area contributed by atoms with Gasteiger partial charge < -0.3 is 4.98 Å². The van der Waals surface area contributed by atoms with Gasteiger partial charge in [-0.25, -0.2) is 4.98 Å². The van der Waals surface area contributed by atoms with Crippen molar-refractivity contribution in [2.75, 3.05) is 0 Å². The summed E-state index contributed by atoms with van der Waals surface area (Å²) in [5.41, 5.74) is 2.08. The number of rotatable bonds is 2. The van der Waals surface area contributed by atoms with Gasteiger partial charge in [-0.05, 0) is 30.3 Å². The van der Waals surface area contributed by atoms with Crippen molar-refractivity contribution in [2.45, 2.75) is 10.1 Å². The molecule has 4 heteroatoms. The summed E-state index contributed by atoms with van der Waals surface area (Å²) in [6.07, 6.45) is 0. The van der Waals surface area contributed by atoms with Gasteiger partial charge in [0, 0.05) is 9.37 Å². The van der Waals surface area contributed by atoms with Gasteiger partial charge in [0.2, 0.25) is 0 Å². The smallest absolute Gasteiger partial charge is 0.171 e. The molecular weight excluding hydrogens is 296 g/mol. The Kier molecular flexibility index (Phi) is 2.91. The number of aromatic nitrogens is 2. The second kappa shape index (κ2) is 4.55. The van der Waals surface area contributed by atoms with E-state index in [9.17, 15) is 0 Å². The number of imidazole rings is 1. The van der Waals surface area contributed by atoms with Crippen molar-refractivity contribution in [3.05, 3.63) is 53.0 Å². The number of aromatic amines is 1. The molecule has 0 radical (unpaired) electrons. The predicted octanol–water partition coefficient (Wildman–Crippen LogP) is 4.48. The fourth-order valence-electron chi connectivity index (χ4n) is 1.62. The van der Waals surface area contributed by atoms with Crippen molar-refractivity contribution < 1.29 is 0 Å². The highest BCUT2D eigenvalue weighted by Crippen LogP contribution is 2.28. The van der Waals surface area contributed by atoms with E-state index in [1.54, 1.807) is 11.8 Å². The molecule has 0 unspecified atom stereocenters. The average Bonchev–Trinajstić information content (AvgIpc) is 2.71. The van der Waals surface area contributed by atoms with Crippen LogP contribution < -0.4 is 0 Å². The normalized spacial score (nSPS) is 10.9. The first-order valence-electron chi connectivity index (χ1n) is 5.19. The SMILES string of the molecule is Brc1cccc(Sc2nc3ccccc3[nH]2)c1. The summed E-state index contributed by atoms with van der Waals surface area (Å²) in [4.78, 5) is 9.00. The third kappa shape index (κ3) is 2.37. The third-order valence-electron chi connectivity index (χ3n) is 2.38. The summed E-state index contributed by atoms with van der Waals surface area (Å²) >= 11 is 5.10. The summed E-state index contributed by atoms with van der Waals surface area (Å²) in [7, 11) is 0. The Morgan fingerprint density at radius 3 is 2.76 bits per heavy atom. The summed E-state index contributed by atoms with van der Waals surface area (Å²) in [5, 5.41) is 0.921. The minimum Gasteiger partial charge on any atom is -0.333 e. The summed E-state index contributed by atoms with van der Waals surface area (Å²) < 4.78 is 1.08. The van der Waals surface area contributed by atoms with E-state index in [1.165, 1.54) is 4.90 Å². The molecule has 0 saturated heterocycles. The molecule has 3 aromatic rings. The van der Waals surface area contributed by atoms with Gasteiger partial charge >= 0.3 is 0 Å². The van der Waals surface area contributed by atoms with Crippen LogP contribution >= 0.6 is 27.7 Å². The molecule has 0 aliphatic carbocycles. The van der Waals surface area contributed by atoms with Gasteiger partial charge in [0.05, 0.1) is 11.0 Å². The van der Waals surface area contributed by atoms with Crippen LogP contribution in [0.25, 0.3) is 11.0 Å². The summed E-state index contributed by atoms with van der Waals surface area (Å²) in [6, 6.07) is 16.2. The lowest BCUT2D eigenvalue weighted by Crippen LogP contribution is -1.75. The van der Waals surface area contributed by atoms with Crippen LogP contribution in [-0.2, 0) is 0 Å². The van der Waals surface area contributed by atoms with E-state index in [0.29, 0.717) is 0 Å². The second-order valence-corrected chi connectivity index (χ2v) is 5.60. The van der Waals surface area contributed by atoms with Gasteiger partial charge in [-0.3, -0.25) is 0 Å². The molecule has 17 heavy (non-hydrogen) atoms. The molecule has 0 bridgehead atoms. The molecule has 0 aliphatic heterocycles. The molecule has 0 atom stereocenters. The Labute approximate surface area is 112 Å². The van der Waals surface area contributed by atoms with E-state index in [4.69, 9.17) is 0 Å². The first-order valence-corrected chi connectivity index (χ1v) is 6.80. The van der Waals surface area contributed by atoms with Gasteiger partial charge in [0.25, 0.3) is 0 Å². The van der Waals surface area contributed by atoms with Crippen LogP contribution in [0.1, 0.15) is 0 Å². The van der Waals surface area contributed by atoms with Crippen molar-refractivity contribution in [1.82, 2.24) is 9.97 Å². The Balaban J connectivity index is 1.94. The van der Waals surface area contributed by atoms with Crippen LogP contribution in [0, 0.1) is 0 Å². The van der Waals surface area contributed by atoms with Gasteiger partial charge in [-0.1, -0.05) is 45.9 Å². The Hall–Kier alpha value is -1.26. The highest BCUT2D eigenvalue weighted by atomic mass is 79.9. The topological polar surface area (TPSA) is 28.7 Å². The maximum absolute atomic E-state index is 4.53.